The lowest BCUT2D eigenvalue weighted by molar-refractivity contribution is -0.124. The van der Waals surface area contributed by atoms with Crippen LogP contribution in [-0.4, -0.2) is 29.5 Å². The quantitative estimate of drug-likeness (QED) is 0.578. The van der Waals surface area contributed by atoms with E-state index in [0.717, 1.165) is 0 Å². The van der Waals surface area contributed by atoms with E-state index in [2.05, 4.69) is 23.3 Å². The molecular weight excluding hydrogens is 266 g/mol. The lowest BCUT2D eigenvalue weighted by Gasteiger charge is -2.15. The summed E-state index contributed by atoms with van der Waals surface area (Å²) >= 11 is 4.00. The topological polar surface area (TPSA) is 101 Å². The molecule has 19 heavy (non-hydrogen) atoms. The van der Waals surface area contributed by atoms with Gasteiger partial charge >= 0.3 is 0 Å². The molecule has 0 aliphatic rings. The van der Waals surface area contributed by atoms with Gasteiger partial charge in [0.15, 0.2) is 0 Å². The first-order valence-corrected chi connectivity index (χ1v) is 6.16. The Balaban J connectivity index is 2.78. The second-order valence-electron chi connectivity index (χ2n) is 3.87. The summed E-state index contributed by atoms with van der Waals surface area (Å²) in [4.78, 5) is 33.8. The monoisotopic (exact) mass is 281 g/mol. The number of amides is 3. The molecule has 0 aliphatic heterocycles. The number of nitrogens with two attached hydrogens (primary N) is 1. The zero-order valence-corrected chi connectivity index (χ0v) is 11.2. The van der Waals surface area contributed by atoms with Crippen LogP contribution in [0.1, 0.15) is 17.3 Å². The molecule has 0 spiro atoms. The molecule has 0 bridgehead atoms. The van der Waals surface area contributed by atoms with Crippen molar-refractivity contribution in [1.82, 2.24) is 5.32 Å². The van der Waals surface area contributed by atoms with Crippen molar-refractivity contribution in [3.05, 3.63) is 29.8 Å². The summed E-state index contributed by atoms with van der Waals surface area (Å²) in [5.41, 5.74) is 5.86. The number of anilines is 1. The first kappa shape index (κ1) is 15.0. The van der Waals surface area contributed by atoms with Crippen LogP contribution in [0.2, 0.25) is 0 Å². The maximum Gasteiger partial charge on any atom is 0.248 e. The van der Waals surface area contributed by atoms with Gasteiger partial charge in [-0.15, -0.1) is 0 Å². The molecule has 0 aliphatic carbocycles. The maximum absolute atomic E-state index is 11.9. The van der Waals surface area contributed by atoms with Crippen molar-refractivity contribution in [2.45, 2.75) is 13.0 Å². The highest BCUT2D eigenvalue weighted by molar-refractivity contribution is 7.80. The number of nitrogens with one attached hydrogen (secondary N) is 2. The standard InChI is InChI=1S/C12H15N3O3S/c1-7(16)14-10(6-19)12(18)15-9-4-2-3-8(5-9)11(13)17/h2-5,10,19H,6H2,1H3,(H2,13,17)(H,14,16)(H,15,18). The Hall–Kier alpha value is -2.02. The third-order valence-electron chi connectivity index (χ3n) is 2.29. The van der Waals surface area contributed by atoms with E-state index in [0.29, 0.717) is 11.3 Å². The molecule has 1 rings (SSSR count). The summed E-state index contributed by atoms with van der Waals surface area (Å²) in [6.45, 7) is 1.32. The molecule has 0 radical (unpaired) electrons. The van der Waals surface area contributed by atoms with Crippen molar-refractivity contribution in [2.24, 2.45) is 5.73 Å². The summed E-state index contributed by atoms with van der Waals surface area (Å²) in [6.07, 6.45) is 0. The number of hydrogen-bond donors (Lipinski definition) is 4. The number of thiol groups is 1. The molecule has 102 valence electrons. The van der Waals surface area contributed by atoms with E-state index in [9.17, 15) is 14.4 Å². The van der Waals surface area contributed by atoms with Crippen LogP contribution in [-0.2, 0) is 9.59 Å². The normalized spacial score (nSPS) is 11.5. The lowest BCUT2D eigenvalue weighted by Crippen LogP contribution is -2.44. The first-order chi connectivity index (χ1) is 8.93. The van der Waals surface area contributed by atoms with E-state index in [4.69, 9.17) is 5.73 Å². The van der Waals surface area contributed by atoms with Gasteiger partial charge in [0.1, 0.15) is 6.04 Å². The number of hydrogen-bond acceptors (Lipinski definition) is 4. The Labute approximate surface area is 116 Å². The molecule has 0 aromatic heterocycles. The molecule has 7 heteroatoms. The van der Waals surface area contributed by atoms with Crippen molar-refractivity contribution in [1.29, 1.82) is 0 Å². The van der Waals surface area contributed by atoms with Crippen molar-refractivity contribution in [2.75, 3.05) is 11.1 Å². The van der Waals surface area contributed by atoms with Gasteiger partial charge in [-0.25, -0.2) is 0 Å². The molecule has 1 unspecified atom stereocenters. The van der Waals surface area contributed by atoms with Crippen LogP contribution in [0.25, 0.3) is 0 Å². The molecule has 6 nitrogen and oxygen atoms in total. The average molecular weight is 281 g/mol. The number of primary amides is 1. The van der Waals surface area contributed by atoms with Gasteiger partial charge in [0, 0.05) is 23.9 Å². The highest BCUT2D eigenvalue weighted by Gasteiger charge is 2.17. The molecule has 3 amide bonds. The Morgan fingerprint density at radius 2 is 2.05 bits per heavy atom. The third kappa shape index (κ3) is 4.63. The highest BCUT2D eigenvalue weighted by Crippen LogP contribution is 2.10. The second-order valence-corrected chi connectivity index (χ2v) is 4.24. The predicted octanol–water partition coefficient (Wildman–Crippen LogP) is 0.158. The fourth-order valence-electron chi connectivity index (χ4n) is 1.42. The van der Waals surface area contributed by atoms with Crippen LogP contribution in [0.4, 0.5) is 5.69 Å². The summed E-state index contributed by atoms with van der Waals surface area (Å²) in [5, 5.41) is 5.05. The zero-order chi connectivity index (χ0) is 14.4. The van der Waals surface area contributed by atoms with Crippen molar-refractivity contribution < 1.29 is 14.4 Å². The zero-order valence-electron chi connectivity index (χ0n) is 10.3. The van der Waals surface area contributed by atoms with E-state index in [-0.39, 0.29) is 11.7 Å². The molecule has 4 N–H and O–H groups in total. The fourth-order valence-corrected chi connectivity index (χ4v) is 1.68. The van der Waals surface area contributed by atoms with E-state index in [1.54, 1.807) is 18.2 Å². The van der Waals surface area contributed by atoms with Gasteiger partial charge in [-0.3, -0.25) is 14.4 Å². The predicted molar refractivity (Wildman–Crippen MR) is 75.0 cm³/mol. The average Bonchev–Trinajstić information content (AvgIpc) is 2.35. The summed E-state index contributed by atoms with van der Waals surface area (Å²) in [7, 11) is 0. The van der Waals surface area contributed by atoms with E-state index < -0.39 is 17.9 Å². The first-order valence-electron chi connectivity index (χ1n) is 5.52. The summed E-state index contributed by atoms with van der Waals surface area (Å²) < 4.78 is 0. The number of carbonyl (C=O) groups is 3. The van der Waals surface area contributed by atoms with Gasteiger partial charge in [-0.1, -0.05) is 6.07 Å². The van der Waals surface area contributed by atoms with Crippen molar-refractivity contribution in [3.63, 3.8) is 0 Å². The molecular formula is C12H15N3O3S. The lowest BCUT2D eigenvalue weighted by atomic mass is 10.2. The Morgan fingerprint density at radius 1 is 1.37 bits per heavy atom. The maximum atomic E-state index is 11.9. The molecule has 1 aromatic carbocycles. The van der Waals surface area contributed by atoms with Crippen LogP contribution in [0, 0.1) is 0 Å². The second kappa shape index (κ2) is 6.79. The van der Waals surface area contributed by atoms with Gasteiger partial charge in [0.25, 0.3) is 0 Å². The minimum atomic E-state index is -0.738. The van der Waals surface area contributed by atoms with Gasteiger partial charge in [0.05, 0.1) is 0 Å². The van der Waals surface area contributed by atoms with Crippen LogP contribution in [0.15, 0.2) is 24.3 Å². The Kier molecular flexibility index (Phi) is 5.37. The summed E-state index contributed by atoms with van der Waals surface area (Å²) in [5.74, 6) is -1.14. The van der Waals surface area contributed by atoms with Gasteiger partial charge < -0.3 is 16.4 Å². The molecule has 0 heterocycles. The number of rotatable bonds is 5. The van der Waals surface area contributed by atoms with Crippen molar-refractivity contribution >= 4 is 36.0 Å². The fraction of sp³-hybridized carbons (Fsp3) is 0.250. The van der Waals surface area contributed by atoms with Crippen LogP contribution >= 0.6 is 12.6 Å². The Bertz CT molecular complexity index is 505. The summed E-state index contributed by atoms with van der Waals surface area (Å²) in [6, 6.07) is 5.49. The van der Waals surface area contributed by atoms with E-state index >= 15 is 0 Å². The van der Waals surface area contributed by atoms with Gasteiger partial charge in [-0.05, 0) is 18.2 Å². The largest absolute Gasteiger partial charge is 0.366 e. The minimum absolute atomic E-state index is 0.168. The van der Waals surface area contributed by atoms with Crippen LogP contribution < -0.4 is 16.4 Å². The molecule has 0 fully saturated rings. The smallest absolute Gasteiger partial charge is 0.248 e. The van der Waals surface area contributed by atoms with Gasteiger partial charge in [-0.2, -0.15) is 12.6 Å². The van der Waals surface area contributed by atoms with Crippen LogP contribution in [0.3, 0.4) is 0 Å². The SMILES string of the molecule is CC(=O)NC(CS)C(=O)Nc1cccc(C(N)=O)c1. The third-order valence-corrected chi connectivity index (χ3v) is 2.66. The number of carbonyl (C=O) groups excluding carboxylic acids is 3. The Morgan fingerprint density at radius 3 is 2.58 bits per heavy atom. The van der Waals surface area contributed by atoms with Crippen LogP contribution in [0.5, 0.6) is 0 Å². The molecule has 0 saturated carbocycles. The molecule has 1 atom stereocenters. The van der Waals surface area contributed by atoms with Gasteiger partial charge in [0.2, 0.25) is 17.7 Å². The minimum Gasteiger partial charge on any atom is -0.366 e. The highest BCUT2D eigenvalue weighted by atomic mass is 32.1. The molecule has 0 saturated heterocycles. The number of benzene rings is 1. The molecule has 1 aromatic rings. The van der Waals surface area contributed by atoms with Crippen molar-refractivity contribution in [3.8, 4) is 0 Å². The van der Waals surface area contributed by atoms with E-state index in [1.807, 2.05) is 0 Å². The van der Waals surface area contributed by atoms with E-state index in [1.165, 1.54) is 13.0 Å².